The molecule has 1 aliphatic carbocycles. The van der Waals surface area contributed by atoms with Crippen LogP contribution in [0.1, 0.15) is 23.6 Å². The molecular weight excluding hydrogens is 605 g/mol. The third-order valence-electron chi connectivity index (χ3n) is 7.26. The van der Waals surface area contributed by atoms with Crippen molar-refractivity contribution in [1.82, 2.24) is 44.5 Å². The third kappa shape index (κ3) is 4.23. The molecule has 4 aromatic rings. The van der Waals surface area contributed by atoms with Crippen molar-refractivity contribution in [3.8, 4) is 0 Å². The van der Waals surface area contributed by atoms with Crippen LogP contribution in [0.2, 0.25) is 0 Å². The van der Waals surface area contributed by atoms with E-state index in [0.717, 1.165) is 11.8 Å². The minimum Gasteiger partial charge on any atom is -0.390 e. The molecule has 7 rings (SSSR count). The Bertz CT molecular complexity index is 1790. The fourth-order valence-electron chi connectivity index (χ4n) is 5.14. The number of aliphatic hydroxyl groups is 3. The standard InChI is InChI=1S/C19H22N11O8PS2/c20-13-15-22-2-5(29(15)24-4-23-13)7-1-6(31)8(37-7)3-36-39(35,40)38-11-17(41-12-10(32)19(11,12)34)30-14-9(27-28-30)16(33)26-18(21)25-14/h2,4,6-8,10-12,17,31-32,34H,1,3H2,(H,35,40)(H2,20,23,24)(H3,21,25,26,33)/t6-,7+,8+,10?,11-,12+,17+,19-,39?/m0/s1. The summed E-state index contributed by atoms with van der Waals surface area (Å²) in [6, 6.07) is 0. The number of ether oxygens (including phenoxy) is 1. The summed E-state index contributed by atoms with van der Waals surface area (Å²) in [5.74, 6) is 0.0000852. The van der Waals surface area contributed by atoms with Gasteiger partial charge in [0.15, 0.2) is 22.6 Å². The van der Waals surface area contributed by atoms with E-state index in [9.17, 15) is 25.0 Å². The molecule has 41 heavy (non-hydrogen) atoms. The lowest BCUT2D eigenvalue weighted by molar-refractivity contribution is -0.0431. The van der Waals surface area contributed by atoms with Crippen LogP contribution in [-0.2, 0) is 25.6 Å². The Balaban J connectivity index is 1.08. The molecule has 9 N–H and O–H groups in total. The predicted molar refractivity (Wildman–Crippen MR) is 142 cm³/mol. The number of nitrogens with one attached hydrogen (secondary N) is 1. The monoisotopic (exact) mass is 627 g/mol. The Kier molecular flexibility index (Phi) is 6.14. The van der Waals surface area contributed by atoms with Crippen LogP contribution < -0.4 is 17.0 Å². The van der Waals surface area contributed by atoms with Crippen LogP contribution in [0, 0.1) is 0 Å². The number of thioether (sulfide) groups is 1. The van der Waals surface area contributed by atoms with E-state index in [1.54, 1.807) is 0 Å². The summed E-state index contributed by atoms with van der Waals surface area (Å²) in [5, 5.41) is 42.4. The van der Waals surface area contributed by atoms with Gasteiger partial charge < -0.3 is 40.9 Å². The van der Waals surface area contributed by atoms with Gasteiger partial charge in [-0.15, -0.1) is 16.9 Å². The van der Waals surface area contributed by atoms with Crippen LogP contribution in [0.3, 0.4) is 0 Å². The lowest BCUT2D eigenvalue weighted by Crippen LogP contribution is -2.38. The molecule has 0 radical (unpaired) electrons. The number of imidazole rings is 1. The number of rotatable bonds is 7. The first-order valence-corrected chi connectivity index (χ1v) is 15.6. The second kappa shape index (κ2) is 9.33. The number of aromatic amines is 1. The Morgan fingerprint density at radius 2 is 2.12 bits per heavy atom. The lowest BCUT2D eigenvalue weighted by Gasteiger charge is -2.29. The second-order valence-electron chi connectivity index (χ2n) is 9.76. The van der Waals surface area contributed by atoms with E-state index in [0.29, 0.717) is 11.3 Å². The molecule has 6 heterocycles. The van der Waals surface area contributed by atoms with E-state index in [1.165, 1.54) is 21.7 Å². The van der Waals surface area contributed by atoms with E-state index in [4.69, 9.17) is 37.1 Å². The van der Waals surface area contributed by atoms with Crippen molar-refractivity contribution >= 4 is 58.9 Å². The smallest absolute Gasteiger partial charge is 0.325 e. The second-order valence-corrected chi connectivity index (χ2v) is 13.8. The number of fused-ring (bicyclic) bond motifs is 3. The summed E-state index contributed by atoms with van der Waals surface area (Å²) in [6.07, 6.45) is -2.08. The first-order valence-electron chi connectivity index (χ1n) is 12.1. The topological polar surface area (TPSA) is 280 Å². The van der Waals surface area contributed by atoms with Crippen molar-refractivity contribution in [3.05, 3.63) is 28.6 Å². The maximum atomic E-state index is 12.2. The average molecular weight is 628 g/mol. The fourth-order valence-corrected chi connectivity index (χ4v) is 8.41. The number of aromatic nitrogens is 9. The highest BCUT2D eigenvalue weighted by Gasteiger charge is 2.77. The number of nitrogen functional groups attached to an aromatic ring is 2. The molecule has 0 amide bonds. The molecule has 2 saturated heterocycles. The molecule has 2 unspecified atom stereocenters. The summed E-state index contributed by atoms with van der Waals surface area (Å²) in [6.45, 7) is -4.47. The summed E-state index contributed by atoms with van der Waals surface area (Å²) in [7, 11) is 0. The van der Waals surface area contributed by atoms with Gasteiger partial charge in [-0.05, 0) is 11.8 Å². The minimum absolute atomic E-state index is 0.0110. The molecule has 4 aromatic heterocycles. The number of H-pyrrole nitrogens is 1. The zero-order valence-corrected chi connectivity index (χ0v) is 23.1. The fraction of sp³-hybridized carbons (Fsp3) is 0.526. The van der Waals surface area contributed by atoms with Crippen molar-refractivity contribution in [3.63, 3.8) is 0 Å². The van der Waals surface area contributed by atoms with Crippen LogP contribution in [0.4, 0.5) is 11.8 Å². The highest BCUT2D eigenvalue weighted by Crippen LogP contribution is 2.66. The van der Waals surface area contributed by atoms with Crippen molar-refractivity contribution in [2.24, 2.45) is 0 Å². The molecule has 22 heteroatoms. The van der Waals surface area contributed by atoms with Gasteiger partial charge in [0.05, 0.1) is 29.9 Å². The molecule has 3 aliphatic rings. The van der Waals surface area contributed by atoms with Gasteiger partial charge >= 0.3 is 6.72 Å². The first-order chi connectivity index (χ1) is 19.5. The van der Waals surface area contributed by atoms with Gasteiger partial charge in [0.2, 0.25) is 5.95 Å². The number of hydrogen-bond donors (Lipinski definition) is 7. The normalized spacial score (nSPS) is 34.3. The number of anilines is 2. The van der Waals surface area contributed by atoms with Crippen LogP contribution >= 0.6 is 18.5 Å². The van der Waals surface area contributed by atoms with Crippen LogP contribution in [0.25, 0.3) is 16.8 Å². The zero-order valence-electron chi connectivity index (χ0n) is 20.5. The Morgan fingerprint density at radius 1 is 1.32 bits per heavy atom. The van der Waals surface area contributed by atoms with E-state index in [2.05, 4.69) is 35.3 Å². The van der Waals surface area contributed by atoms with Crippen LogP contribution in [-0.4, -0.2) is 107 Å². The summed E-state index contributed by atoms with van der Waals surface area (Å²) in [5.41, 5.74) is 9.87. The summed E-state index contributed by atoms with van der Waals surface area (Å²) >= 11 is 6.30. The van der Waals surface area contributed by atoms with E-state index < -0.39 is 59.0 Å². The lowest BCUT2D eigenvalue weighted by atomic mass is 10.1. The quantitative estimate of drug-likeness (QED) is 0.103. The molecule has 19 nitrogen and oxygen atoms in total. The third-order valence-corrected chi connectivity index (χ3v) is 10.5. The predicted octanol–water partition coefficient (Wildman–Crippen LogP) is -2.65. The van der Waals surface area contributed by atoms with Crippen molar-refractivity contribution in [2.45, 2.75) is 53.2 Å². The minimum atomic E-state index is -4.12. The summed E-state index contributed by atoms with van der Waals surface area (Å²) in [4.78, 5) is 37.6. The van der Waals surface area contributed by atoms with Gasteiger partial charge in [-0.2, -0.15) is 10.1 Å². The molecule has 218 valence electrons. The van der Waals surface area contributed by atoms with E-state index >= 15 is 0 Å². The van der Waals surface area contributed by atoms with Crippen molar-refractivity contribution in [2.75, 3.05) is 18.1 Å². The molecule has 0 bridgehead atoms. The maximum absolute atomic E-state index is 12.2. The Morgan fingerprint density at radius 3 is 2.93 bits per heavy atom. The largest absolute Gasteiger partial charge is 0.390 e. The van der Waals surface area contributed by atoms with E-state index in [1.807, 2.05) is 0 Å². The number of nitrogens with two attached hydrogens (primary N) is 2. The molecule has 0 spiro atoms. The average Bonchev–Trinajstić information content (AvgIpc) is 3.49. The van der Waals surface area contributed by atoms with Crippen LogP contribution in [0.5, 0.6) is 0 Å². The van der Waals surface area contributed by atoms with Gasteiger partial charge in [-0.3, -0.25) is 14.3 Å². The number of nitrogens with zero attached hydrogens (tertiary/aromatic N) is 8. The molecule has 0 aromatic carbocycles. The highest BCUT2D eigenvalue weighted by molar-refractivity contribution is 8.07. The zero-order chi connectivity index (χ0) is 28.8. The Labute approximate surface area is 237 Å². The SMILES string of the molecule is Nc1nc2c(nnn2[C@@H]2S[C@@H]3C(O)[C@]3(O)[C@H]2OP(O)(=S)OC[C@H]2O[C@@H](c3cnc4c(N)ncnn34)C[C@@H]2O)c(=O)[nH]1. The summed E-state index contributed by atoms with van der Waals surface area (Å²) < 4.78 is 19.9. The van der Waals surface area contributed by atoms with Crippen LogP contribution in [0.15, 0.2) is 17.3 Å². The Hall–Kier alpha value is -2.85. The molecule has 3 fully saturated rings. The molecular formula is C19H22N11O8PS2. The first kappa shape index (κ1) is 27.0. The van der Waals surface area contributed by atoms with Gasteiger partial charge in [0.25, 0.3) is 5.56 Å². The van der Waals surface area contributed by atoms with Gasteiger partial charge in [-0.25, -0.2) is 19.2 Å². The molecule has 2 aliphatic heterocycles. The maximum Gasteiger partial charge on any atom is 0.325 e. The molecule has 9 atom stereocenters. The number of aliphatic hydroxyl groups excluding tert-OH is 2. The van der Waals surface area contributed by atoms with Crippen molar-refractivity contribution < 1.29 is 34.0 Å². The van der Waals surface area contributed by atoms with Gasteiger partial charge in [0.1, 0.15) is 41.7 Å². The van der Waals surface area contributed by atoms with Crippen molar-refractivity contribution in [1.29, 1.82) is 0 Å². The number of hydrogen-bond acceptors (Lipinski definition) is 17. The highest BCUT2D eigenvalue weighted by atomic mass is 32.5. The molecule has 1 saturated carbocycles. The van der Waals surface area contributed by atoms with E-state index in [-0.39, 0.29) is 36.0 Å². The van der Waals surface area contributed by atoms with Gasteiger partial charge in [0, 0.05) is 6.42 Å². The van der Waals surface area contributed by atoms with Gasteiger partial charge in [-0.1, -0.05) is 5.21 Å².